The molecule has 0 radical (unpaired) electrons. The highest BCUT2D eigenvalue weighted by Gasteiger charge is 2.31. The van der Waals surface area contributed by atoms with E-state index in [1.165, 1.54) is 0 Å². The summed E-state index contributed by atoms with van der Waals surface area (Å²) in [7, 11) is 0. The second-order valence-corrected chi connectivity index (χ2v) is 5.46. The van der Waals surface area contributed by atoms with E-state index in [1.807, 2.05) is 6.07 Å². The first kappa shape index (κ1) is 13.5. The molecule has 0 aromatic carbocycles. The summed E-state index contributed by atoms with van der Waals surface area (Å²) in [5.74, 6) is 5.99. The number of nitrogens with two attached hydrogens (primary N) is 1. The quantitative estimate of drug-likeness (QED) is 0.646. The molecular formula is C12H19ClN4O. The molecule has 5 nitrogen and oxygen atoms in total. The molecule has 0 atom stereocenters. The Labute approximate surface area is 112 Å². The van der Waals surface area contributed by atoms with E-state index in [2.05, 4.69) is 29.2 Å². The molecule has 1 fully saturated rings. The lowest BCUT2D eigenvalue weighted by Gasteiger charge is -2.42. The Morgan fingerprint density at radius 2 is 2.33 bits per heavy atom. The molecule has 3 N–H and O–H groups in total. The van der Waals surface area contributed by atoms with Crippen LogP contribution in [0.15, 0.2) is 12.1 Å². The highest BCUT2D eigenvalue weighted by molar-refractivity contribution is 6.31. The minimum Gasteiger partial charge on any atom is -0.378 e. The molecule has 6 heteroatoms. The van der Waals surface area contributed by atoms with E-state index in [4.69, 9.17) is 22.2 Å². The number of pyridine rings is 1. The number of nitrogens with one attached hydrogen (secondary N) is 1. The van der Waals surface area contributed by atoms with Gasteiger partial charge in [-0.15, -0.1) is 0 Å². The maximum absolute atomic E-state index is 6.18. The Kier molecular flexibility index (Phi) is 4.07. The Hall–Kier alpha value is -0.880. The van der Waals surface area contributed by atoms with Crippen LogP contribution in [0.2, 0.25) is 5.02 Å². The highest BCUT2D eigenvalue weighted by atomic mass is 35.5. The van der Waals surface area contributed by atoms with Crippen molar-refractivity contribution in [3.8, 4) is 0 Å². The lowest BCUT2D eigenvalue weighted by Crippen LogP contribution is -2.52. The molecule has 0 saturated carbocycles. The standard InChI is InChI=1S/C12H19ClN4O/c1-12(2)8-18-6-5-17(12)7-10-9(13)3-4-11(15-10)16-14/h3-4H,5-8,14H2,1-2H3,(H,15,16). The maximum Gasteiger partial charge on any atom is 0.140 e. The maximum atomic E-state index is 6.18. The van der Waals surface area contributed by atoms with Crippen molar-refractivity contribution >= 4 is 17.4 Å². The van der Waals surface area contributed by atoms with Crippen LogP contribution in [-0.4, -0.2) is 35.2 Å². The average Bonchev–Trinajstić information content (AvgIpc) is 2.34. The summed E-state index contributed by atoms with van der Waals surface area (Å²) in [6, 6.07) is 3.57. The summed E-state index contributed by atoms with van der Waals surface area (Å²) >= 11 is 6.18. The monoisotopic (exact) mass is 270 g/mol. The van der Waals surface area contributed by atoms with Crippen LogP contribution in [0.1, 0.15) is 19.5 Å². The van der Waals surface area contributed by atoms with E-state index in [-0.39, 0.29) is 5.54 Å². The molecule has 0 aliphatic carbocycles. The van der Waals surface area contributed by atoms with E-state index < -0.39 is 0 Å². The molecule has 100 valence electrons. The van der Waals surface area contributed by atoms with Gasteiger partial charge in [0.2, 0.25) is 0 Å². The predicted molar refractivity (Wildman–Crippen MR) is 72.4 cm³/mol. The van der Waals surface area contributed by atoms with Gasteiger partial charge in [0.25, 0.3) is 0 Å². The van der Waals surface area contributed by atoms with Crippen molar-refractivity contribution in [2.24, 2.45) is 5.84 Å². The van der Waals surface area contributed by atoms with E-state index in [1.54, 1.807) is 6.07 Å². The Morgan fingerprint density at radius 1 is 1.56 bits per heavy atom. The molecule has 2 rings (SSSR count). The zero-order valence-electron chi connectivity index (χ0n) is 10.7. The van der Waals surface area contributed by atoms with E-state index in [0.717, 1.165) is 25.5 Å². The Bertz CT molecular complexity index is 425. The Balaban J connectivity index is 2.17. The first-order valence-corrected chi connectivity index (χ1v) is 6.35. The fourth-order valence-electron chi connectivity index (χ4n) is 2.04. The van der Waals surface area contributed by atoms with Crippen LogP contribution in [0.3, 0.4) is 0 Å². The van der Waals surface area contributed by atoms with Gasteiger partial charge in [0, 0.05) is 18.6 Å². The second-order valence-electron chi connectivity index (χ2n) is 5.06. The van der Waals surface area contributed by atoms with Crippen molar-refractivity contribution in [3.05, 3.63) is 22.8 Å². The van der Waals surface area contributed by atoms with Gasteiger partial charge >= 0.3 is 0 Å². The van der Waals surface area contributed by atoms with E-state index in [0.29, 0.717) is 17.4 Å². The summed E-state index contributed by atoms with van der Waals surface area (Å²) in [5.41, 5.74) is 3.37. The average molecular weight is 271 g/mol. The Morgan fingerprint density at radius 3 is 3.00 bits per heavy atom. The molecule has 1 aromatic heterocycles. The number of nitrogens with zero attached hydrogens (tertiary/aromatic N) is 2. The van der Waals surface area contributed by atoms with Crippen molar-refractivity contribution in [2.75, 3.05) is 25.2 Å². The van der Waals surface area contributed by atoms with Gasteiger partial charge in [-0.3, -0.25) is 4.90 Å². The van der Waals surface area contributed by atoms with Gasteiger partial charge in [0.1, 0.15) is 5.82 Å². The van der Waals surface area contributed by atoms with Gasteiger partial charge in [-0.25, -0.2) is 10.8 Å². The number of hydrazine groups is 1. The molecular weight excluding hydrogens is 252 g/mol. The molecule has 2 heterocycles. The van der Waals surface area contributed by atoms with Crippen LogP contribution < -0.4 is 11.3 Å². The molecule has 1 aliphatic heterocycles. The zero-order chi connectivity index (χ0) is 13.2. The van der Waals surface area contributed by atoms with Crippen LogP contribution in [-0.2, 0) is 11.3 Å². The number of morpholine rings is 1. The van der Waals surface area contributed by atoms with Crippen LogP contribution in [0.4, 0.5) is 5.82 Å². The highest BCUT2D eigenvalue weighted by Crippen LogP contribution is 2.24. The SMILES string of the molecule is CC1(C)COCCN1Cc1nc(NN)ccc1Cl. The van der Waals surface area contributed by atoms with Crippen molar-refractivity contribution < 1.29 is 4.74 Å². The minimum absolute atomic E-state index is 0.00456. The van der Waals surface area contributed by atoms with Crippen molar-refractivity contribution in [3.63, 3.8) is 0 Å². The van der Waals surface area contributed by atoms with Gasteiger partial charge < -0.3 is 10.2 Å². The fourth-order valence-corrected chi connectivity index (χ4v) is 2.21. The van der Waals surface area contributed by atoms with Gasteiger partial charge in [-0.05, 0) is 26.0 Å². The lowest BCUT2D eigenvalue weighted by molar-refractivity contribution is -0.0557. The molecule has 0 spiro atoms. The minimum atomic E-state index is -0.00456. The smallest absolute Gasteiger partial charge is 0.140 e. The van der Waals surface area contributed by atoms with E-state index in [9.17, 15) is 0 Å². The van der Waals surface area contributed by atoms with Gasteiger partial charge in [-0.2, -0.15) is 0 Å². The van der Waals surface area contributed by atoms with Crippen LogP contribution >= 0.6 is 11.6 Å². The third-order valence-electron chi connectivity index (χ3n) is 3.22. The fraction of sp³-hybridized carbons (Fsp3) is 0.583. The summed E-state index contributed by atoms with van der Waals surface area (Å²) in [5, 5.41) is 0.663. The molecule has 0 amide bonds. The largest absolute Gasteiger partial charge is 0.378 e. The van der Waals surface area contributed by atoms with Crippen LogP contribution in [0.25, 0.3) is 0 Å². The van der Waals surface area contributed by atoms with Crippen LogP contribution in [0.5, 0.6) is 0 Å². The lowest BCUT2D eigenvalue weighted by atomic mass is 10.0. The summed E-state index contributed by atoms with van der Waals surface area (Å²) in [6.45, 7) is 7.36. The molecule has 0 unspecified atom stereocenters. The number of hydrogen-bond acceptors (Lipinski definition) is 5. The van der Waals surface area contributed by atoms with Crippen molar-refractivity contribution in [1.82, 2.24) is 9.88 Å². The first-order valence-electron chi connectivity index (χ1n) is 5.98. The van der Waals surface area contributed by atoms with Crippen LogP contribution in [0, 0.1) is 0 Å². The zero-order valence-corrected chi connectivity index (χ0v) is 11.5. The number of rotatable bonds is 3. The third-order valence-corrected chi connectivity index (χ3v) is 3.57. The first-order chi connectivity index (χ1) is 8.53. The van der Waals surface area contributed by atoms with Gasteiger partial charge in [0.05, 0.1) is 23.9 Å². The number of ether oxygens (including phenoxy) is 1. The molecule has 1 aromatic rings. The molecule has 18 heavy (non-hydrogen) atoms. The van der Waals surface area contributed by atoms with Crippen molar-refractivity contribution in [1.29, 1.82) is 0 Å². The number of anilines is 1. The predicted octanol–water partition coefficient (Wildman–Crippen LogP) is 1.63. The molecule has 1 aliphatic rings. The summed E-state index contributed by atoms with van der Waals surface area (Å²) < 4.78 is 5.50. The number of halogens is 1. The molecule has 1 saturated heterocycles. The summed E-state index contributed by atoms with van der Waals surface area (Å²) in [6.07, 6.45) is 0. The number of nitrogen functional groups attached to an aromatic ring is 1. The van der Waals surface area contributed by atoms with E-state index >= 15 is 0 Å². The normalized spacial score (nSPS) is 19.8. The van der Waals surface area contributed by atoms with Gasteiger partial charge in [0.15, 0.2) is 0 Å². The van der Waals surface area contributed by atoms with Crippen molar-refractivity contribution in [2.45, 2.75) is 25.9 Å². The molecule has 0 bridgehead atoms. The number of hydrogen-bond donors (Lipinski definition) is 2. The van der Waals surface area contributed by atoms with Gasteiger partial charge in [-0.1, -0.05) is 11.6 Å². The topological polar surface area (TPSA) is 63.4 Å². The number of aromatic nitrogens is 1. The summed E-state index contributed by atoms with van der Waals surface area (Å²) in [4.78, 5) is 6.72. The second kappa shape index (κ2) is 5.40. The third kappa shape index (κ3) is 2.92.